The van der Waals surface area contributed by atoms with Gasteiger partial charge in [-0.2, -0.15) is 0 Å². The van der Waals surface area contributed by atoms with Crippen molar-refractivity contribution < 1.29 is 0 Å². The van der Waals surface area contributed by atoms with Crippen LogP contribution >= 0.6 is 15.9 Å². The van der Waals surface area contributed by atoms with Crippen LogP contribution in [0.1, 0.15) is 0 Å². The van der Waals surface area contributed by atoms with E-state index in [0.717, 1.165) is 4.47 Å². The lowest BCUT2D eigenvalue weighted by Crippen LogP contribution is -1.86. The Morgan fingerprint density at radius 2 is 0.879 bits per heavy atom. The zero-order chi connectivity index (χ0) is 21.9. The van der Waals surface area contributed by atoms with Crippen molar-refractivity contribution in [1.82, 2.24) is 0 Å². The van der Waals surface area contributed by atoms with E-state index in [2.05, 4.69) is 131 Å². The Morgan fingerprint density at radius 1 is 0.364 bits per heavy atom. The monoisotopic (exact) mass is 482 g/mol. The SMILES string of the molecule is Brc1ccc2cc3ccc4cc5cc6ccccc6cc5cc4c3cc2c1-c1ccccc1. The van der Waals surface area contributed by atoms with Gasteiger partial charge in [0, 0.05) is 10.0 Å². The third kappa shape index (κ3) is 2.97. The smallest absolute Gasteiger partial charge is 0.0260 e. The summed E-state index contributed by atoms with van der Waals surface area (Å²) >= 11 is 3.82. The molecule has 0 aliphatic heterocycles. The molecule has 0 atom stereocenters. The minimum absolute atomic E-state index is 1.12. The Hall–Kier alpha value is -3.68. The van der Waals surface area contributed by atoms with Crippen molar-refractivity contribution in [2.75, 3.05) is 0 Å². The molecule has 0 saturated heterocycles. The van der Waals surface area contributed by atoms with Crippen LogP contribution in [0.25, 0.3) is 65.0 Å². The fourth-order valence-corrected chi connectivity index (χ4v) is 5.77. The predicted octanol–water partition coefficient (Wildman–Crippen LogP) is 9.88. The van der Waals surface area contributed by atoms with Crippen LogP contribution in [-0.4, -0.2) is 0 Å². The van der Waals surface area contributed by atoms with Crippen LogP contribution in [0.15, 0.2) is 120 Å². The molecule has 154 valence electrons. The van der Waals surface area contributed by atoms with Crippen molar-refractivity contribution in [3.8, 4) is 11.1 Å². The summed E-state index contributed by atoms with van der Waals surface area (Å²) in [4.78, 5) is 0. The molecule has 33 heavy (non-hydrogen) atoms. The molecule has 0 radical (unpaired) electrons. The van der Waals surface area contributed by atoms with Gasteiger partial charge in [0.2, 0.25) is 0 Å². The molecule has 7 aromatic carbocycles. The van der Waals surface area contributed by atoms with Gasteiger partial charge in [0.05, 0.1) is 0 Å². The minimum atomic E-state index is 1.12. The summed E-state index contributed by atoms with van der Waals surface area (Å²) in [5, 5.41) is 12.8. The zero-order valence-electron chi connectivity index (χ0n) is 17.8. The Labute approximate surface area is 200 Å². The van der Waals surface area contributed by atoms with E-state index in [1.165, 1.54) is 65.0 Å². The largest absolute Gasteiger partial charge is 0.0622 e. The Balaban J connectivity index is 1.60. The zero-order valence-corrected chi connectivity index (χ0v) is 19.4. The highest BCUT2D eigenvalue weighted by molar-refractivity contribution is 9.10. The lowest BCUT2D eigenvalue weighted by atomic mass is 9.92. The van der Waals surface area contributed by atoms with Crippen LogP contribution in [0.3, 0.4) is 0 Å². The highest BCUT2D eigenvalue weighted by Crippen LogP contribution is 2.39. The number of halogens is 1. The molecule has 0 fully saturated rings. The van der Waals surface area contributed by atoms with Gasteiger partial charge in [-0.05, 0) is 102 Å². The first-order valence-corrected chi connectivity index (χ1v) is 12.0. The maximum atomic E-state index is 3.82. The van der Waals surface area contributed by atoms with E-state index in [1.54, 1.807) is 0 Å². The average Bonchev–Trinajstić information content (AvgIpc) is 2.85. The van der Waals surface area contributed by atoms with Gasteiger partial charge >= 0.3 is 0 Å². The second kappa shape index (κ2) is 7.16. The van der Waals surface area contributed by atoms with Crippen LogP contribution < -0.4 is 0 Å². The lowest BCUT2D eigenvalue weighted by Gasteiger charge is -2.13. The molecular weight excluding hydrogens is 464 g/mol. The quantitative estimate of drug-likeness (QED) is 0.161. The minimum Gasteiger partial charge on any atom is -0.0622 e. The van der Waals surface area contributed by atoms with Crippen LogP contribution in [-0.2, 0) is 0 Å². The van der Waals surface area contributed by atoms with Crippen molar-refractivity contribution in [3.63, 3.8) is 0 Å². The van der Waals surface area contributed by atoms with E-state index in [9.17, 15) is 0 Å². The van der Waals surface area contributed by atoms with E-state index >= 15 is 0 Å². The van der Waals surface area contributed by atoms with Crippen molar-refractivity contribution >= 4 is 69.8 Å². The predicted molar refractivity (Wildman–Crippen MR) is 147 cm³/mol. The third-order valence-corrected chi connectivity index (χ3v) is 7.47. The van der Waals surface area contributed by atoms with Gasteiger partial charge in [-0.15, -0.1) is 0 Å². The maximum Gasteiger partial charge on any atom is 0.0260 e. The maximum absolute atomic E-state index is 3.82. The summed E-state index contributed by atoms with van der Waals surface area (Å²) < 4.78 is 1.12. The molecule has 7 rings (SSSR count). The molecule has 0 aromatic heterocycles. The van der Waals surface area contributed by atoms with Crippen LogP contribution in [0, 0.1) is 0 Å². The molecule has 0 nitrogen and oxygen atoms in total. The van der Waals surface area contributed by atoms with Gasteiger partial charge in [-0.1, -0.05) is 88.7 Å². The van der Waals surface area contributed by atoms with Crippen LogP contribution in [0.5, 0.6) is 0 Å². The summed E-state index contributed by atoms with van der Waals surface area (Å²) in [5.41, 5.74) is 2.48. The molecule has 0 spiro atoms. The fraction of sp³-hybridized carbons (Fsp3) is 0. The van der Waals surface area contributed by atoms with Gasteiger partial charge in [0.1, 0.15) is 0 Å². The second-order valence-electron chi connectivity index (χ2n) is 8.77. The number of hydrogen-bond acceptors (Lipinski definition) is 0. The van der Waals surface area contributed by atoms with Gasteiger partial charge in [-0.3, -0.25) is 0 Å². The van der Waals surface area contributed by atoms with E-state index < -0.39 is 0 Å². The van der Waals surface area contributed by atoms with Crippen molar-refractivity contribution in [3.05, 3.63) is 120 Å². The Morgan fingerprint density at radius 3 is 1.61 bits per heavy atom. The topological polar surface area (TPSA) is 0 Å². The fourth-order valence-electron chi connectivity index (χ4n) is 5.19. The van der Waals surface area contributed by atoms with E-state index in [0.29, 0.717) is 0 Å². The van der Waals surface area contributed by atoms with Gasteiger partial charge < -0.3 is 0 Å². The van der Waals surface area contributed by atoms with Gasteiger partial charge in [0.15, 0.2) is 0 Å². The molecule has 0 amide bonds. The Bertz CT molecular complexity index is 1860. The summed E-state index contributed by atoms with van der Waals surface area (Å²) in [6, 6.07) is 42.2. The highest BCUT2D eigenvalue weighted by atomic mass is 79.9. The molecule has 0 N–H and O–H groups in total. The van der Waals surface area contributed by atoms with Crippen molar-refractivity contribution in [2.45, 2.75) is 0 Å². The van der Waals surface area contributed by atoms with Gasteiger partial charge in [-0.25, -0.2) is 0 Å². The van der Waals surface area contributed by atoms with Gasteiger partial charge in [0.25, 0.3) is 0 Å². The second-order valence-corrected chi connectivity index (χ2v) is 9.62. The van der Waals surface area contributed by atoms with E-state index in [-0.39, 0.29) is 0 Å². The number of benzene rings is 7. The number of fused-ring (bicyclic) bond motifs is 6. The number of rotatable bonds is 1. The van der Waals surface area contributed by atoms with Crippen LogP contribution in [0.2, 0.25) is 0 Å². The summed E-state index contributed by atoms with van der Waals surface area (Å²) in [6.07, 6.45) is 0. The van der Waals surface area contributed by atoms with E-state index in [1.807, 2.05) is 0 Å². The molecule has 0 aliphatic rings. The molecule has 1 heteroatoms. The highest BCUT2D eigenvalue weighted by Gasteiger charge is 2.11. The molecule has 0 bridgehead atoms. The molecule has 0 aliphatic carbocycles. The first-order chi connectivity index (χ1) is 16.2. The summed E-state index contributed by atoms with van der Waals surface area (Å²) in [5.74, 6) is 0. The summed E-state index contributed by atoms with van der Waals surface area (Å²) in [6.45, 7) is 0. The molecule has 0 saturated carbocycles. The molecule has 7 aromatic rings. The normalized spacial score (nSPS) is 11.8. The lowest BCUT2D eigenvalue weighted by molar-refractivity contribution is 1.63. The number of hydrogen-bond donors (Lipinski definition) is 0. The van der Waals surface area contributed by atoms with Crippen molar-refractivity contribution in [2.24, 2.45) is 0 Å². The van der Waals surface area contributed by atoms with Crippen LogP contribution in [0.4, 0.5) is 0 Å². The first-order valence-electron chi connectivity index (χ1n) is 11.2. The van der Waals surface area contributed by atoms with Crippen molar-refractivity contribution in [1.29, 1.82) is 0 Å². The average molecular weight is 483 g/mol. The molecular formula is C32H19Br. The van der Waals surface area contributed by atoms with E-state index in [4.69, 9.17) is 0 Å². The molecule has 0 heterocycles. The molecule has 0 unspecified atom stereocenters. The standard InChI is InChI=1S/C32H19Br/c33-31-13-12-25-16-23-10-11-24-17-26-14-21-8-4-5-9-22(21)15-27(26)18-28(24)29(23)19-30(25)32(31)20-6-2-1-3-7-20/h1-19H. The third-order valence-electron chi connectivity index (χ3n) is 6.81. The Kier molecular flexibility index (Phi) is 4.09. The first kappa shape index (κ1) is 18.8. The summed E-state index contributed by atoms with van der Waals surface area (Å²) in [7, 11) is 0.